The summed E-state index contributed by atoms with van der Waals surface area (Å²) in [5, 5.41) is 0. The van der Waals surface area contributed by atoms with Crippen LogP contribution >= 0.6 is 0 Å². The predicted octanol–water partition coefficient (Wildman–Crippen LogP) is 2.68. The normalized spacial score (nSPS) is 20.0. The summed E-state index contributed by atoms with van der Waals surface area (Å²) < 4.78 is 0. The van der Waals surface area contributed by atoms with Crippen LogP contribution in [0.4, 0.5) is 5.82 Å². The van der Waals surface area contributed by atoms with Gasteiger partial charge in [-0.3, -0.25) is 0 Å². The number of hydrogen-bond acceptors (Lipinski definition) is 3. The van der Waals surface area contributed by atoms with E-state index in [1.807, 2.05) is 0 Å². The molecular weight excluding hydrogens is 286 g/mol. The molecule has 0 aromatic carbocycles. The van der Waals surface area contributed by atoms with Gasteiger partial charge in [0.1, 0.15) is 5.82 Å². The Morgan fingerprint density at radius 1 is 1.04 bits per heavy atom. The first kappa shape index (κ1) is 16.1. The third-order valence-corrected chi connectivity index (χ3v) is 4.84. The van der Waals surface area contributed by atoms with Gasteiger partial charge in [-0.1, -0.05) is 18.9 Å². The smallest absolute Gasteiger partial charge is 0.191 e. The number of nitrogens with two attached hydrogens (primary N) is 1. The van der Waals surface area contributed by atoms with Crippen LogP contribution in [0.2, 0.25) is 0 Å². The summed E-state index contributed by atoms with van der Waals surface area (Å²) in [6.07, 6.45) is 7.58. The van der Waals surface area contributed by atoms with Crippen molar-refractivity contribution in [1.82, 2.24) is 9.88 Å². The average molecular weight is 315 g/mol. The molecule has 0 bridgehead atoms. The van der Waals surface area contributed by atoms with Gasteiger partial charge in [-0.2, -0.15) is 0 Å². The van der Waals surface area contributed by atoms with Gasteiger partial charge < -0.3 is 15.5 Å². The van der Waals surface area contributed by atoms with Gasteiger partial charge >= 0.3 is 0 Å². The lowest BCUT2D eigenvalue weighted by Gasteiger charge is -2.22. The Hall–Kier alpha value is -1.78. The van der Waals surface area contributed by atoms with Gasteiger partial charge in [0, 0.05) is 37.4 Å². The van der Waals surface area contributed by atoms with Crippen LogP contribution in [0.3, 0.4) is 0 Å². The maximum atomic E-state index is 6.24. The number of anilines is 1. The van der Waals surface area contributed by atoms with E-state index in [1.54, 1.807) is 0 Å². The molecule has 0 radical (unpaired) electrons. The monoisotopic (exact) mass is 315 g/mol. The molecule has 23 heavy (non-hydrogen) atoms. The van der Waals surface area contributed by atoms with Crippen LogP contribution in [0.1, 0.15) is 49.8 Å². The van der Waals surface area contributed by atoms with E-state index in [-0.39, 0.29) is 0 Å². The highest BCUT2D eigenvalue weighted by Gasteiger charge is 2.17. The Morgan fingerprint density at radius 3 is 2.39 bits per heavy atom. The molecule has 5 heteroatoms. The zero-order chi connectivity index (χ0) is 16.1. The van der Waals surface area contributed by atoms with Crippen molar-refractivity contribution in [1.29, 1.82) is 0 Å². The quantitative estimate of drug-likeness (QED) is 0.688. The summed E-state index contributed by atoms with van der Waals surface area (Å²) in [5.74, 6) is 1.80. The maximum Gasteiger partial charge on any atom is 0.191 e. The SMILES string of the molecule is Cc1ccc(CN=C(N)N2CCCCCC2)c(N2CCCC2)n1. The molecule has 0 aliphatic carbocycles. The largest absolute Gasteiger partial charge is 0.370 e. The molecule has 0 unspecified atom stereocenters. The standard InChI is InChI=1S/C18H29N5/c1-15-8-9-16(17(21-15)22-10-6-7-11-22)14-20-18(19)23-12-4-2-3-5-13-23/h8-9H,2-7,10-14H2,1H3,(H2,19,20). The van der Waals surface area contributed by atoms with Crippen molar-refractivity contribution in [2.45, 2.75) is 52.0 Å². The van der Waals surface area contributed by atoms with Gasteiger partial charge in [0.25, 0.3) is 0 Å². The summed E-state index contributed by atoms with van der Waals surface area (Å²) in [5.41, 5.74) is 8.50. The van der Waals surface area contributed by atoms with E-state index in [0.717, 1.165) is 37.7 Å². The van der Waals surface area contributed by atoms with Crippen LogP contribution in [0.5, 0.6) is 0 Å². The van der Waals surface area contributed by atoms with Crippen LogP contribution < -0.4 is 10.6 Å². The molecule has 0 spiro atoms. The number of aliphatic imine (C=N–C) groups is 1. The lowest BCUT2D eigenvalue weighted by atomic mass is 10.2. The van der Waals surface area contributed by atoms with Crippen molar-refractivity contribution in [3.63, 3.8) is 0 Å². The van der Waals surface area contributed by atoms with E-state index in [9.17, 15) is 0 Å². The highest BCUT2D eigenvalue weighted by atomic mass is 15.3. The molecule has 3 heterocycles. The topological polar surface area (TPSA) is 57.8 Å². The molecule has 2 aliphatic rings. The second-order valence-electron chi connectivity index (χ2n) is 6.71. The summed E-state index contributed by atoms with van der Waals surface area (Å²) in [6, 6.07) is 4.24. The predicted molar refractivity (Wildman–Crippen MR) is 95.8 cm³/mol. The summed E-state index contributed by atoms with van der Waals surface area (Å²) in [7, 11) is 0. The molecule has 2 N–H and O–H groups in total. The molecule has 1 aromatic rings. The number of pyridine rings is 1. The number of aryl methyl sites for hydroxylation is 1. The second-order valence-corrected chi connectivity index (χ2v) is 6.71. The Balaban J connectivity index is 1.72. The van der Waals surface area contributed by atoms with Gasteiger partial charge in [0.05, 0.1) is 6.54 Å². The Morgan fingerprint density at radius 2 is 1.70 bits per heavy atom. The molecule has 0 saturated carbocycles. The molecule has 126 valence electrons. The zero-order valence-electron chi connectivity index (χ0n) is 14.3. The third kappa shape index (κ3) is 4.15. The first-order chi connectivity index (χ1) is 11.2. The van der Waals surface area contributed by atoms with E-state index in [1.165, 1.54) is 44.1 Å². The number of nitrogens with zero attached hydrogens (tertiary/aromatic N) is 4. The molecular formula is C18H29N5. The lowest BCUT2D eigenvalue weighted by molar-refractivity contribution is 0.428. The molecule has 0 atom stereocenters. The first-order valence-electron chi connectivity index (χ1n) is 9.00. The number of likely N-dealkylation sites (tertiary alicyclic amines) is 1. The Kier molecular flexibility index (Phi) is 5.36. The van der Waals surface area contributed by atoms with Crippen molar-refractivity contribution in [2.24, 2.45) is 10.7 Å². The van der Waals surface area contributed by atoms with Crippen LogP contribution in [0.25, 0.3) is 0 Å². The molecule has 0 amide bonds. The highest BCUT2D eigenvalue weighted by molar-refractivity contribution is 5.78. The maximum absolute atomic E-state index is 6.24. The van der Waals surface area contributed by atoms with Crippen LogP contribution in [-0.4, -0.2) is 42.0 Å². The van der Waals surface area contributed by atoms with Crippen molar-refractivity contribution in [3.8, 4) is 0 Å². The molecule has 2 aliphatic heterocycles. The summed E-state index contributed by atoms with van der Waals surface area (Å²) >= 11 is 0. The molecule has 3 rings (SSSR count). The lowest BCUT2D eigenvalue weighted by Crippen LogP contribution is -2.38. The van der Waals surface area contributed by atoms with Crippen LogP contribution in [0, 0.1) is 6.92 Å². The van der Waals surface area contributed by atoms with Gasteiger partial charge in [0.2, 0.25) is 0 Å². The van der Waals surface area contributed by atoms with E-state index in [4.69, 9.17) is 10.7 Å². The van der Waals surface area contributed by atoms with E-state index in [2.05, 4.69) is 33.8 Å². The van der Waals surface area contributed by atoms with Gasteiger partial charge in [0.15, 0.2) is 5.96 Å². The van der Waals surface area contributed by atoms with Crippen molar-refractivity contribution >= 4 is 11.8 Å². The minimum absolute atomic E-state index is 0.626. The number of aromatic nitrogens is 1. The fourth-order valence-corrected chi connectivity index (χ4v) is 3.46. The minimum atomic E-state index is 0.626. The molecule has 5 nitrogen and oxygen atoms in total. The fraction of sp³-hybridized carbons (Fsp3) is 0.667. The summed E-state index contributed by atoms with van der Waals surface area (Å²) in [4.78, 5) is 14.1. The zero-order valence-corrected chi connectivity index (χ0v) is 14.3. The Bertz CT molecular complexity index is 540. The van der Waals surface area contributed by atoms with E-state index >= 15 is 0 Å². The fourth-order valence-electron chi connectivity index (χ4n) is 3.46. The van der Waals surface area contributed by atoms with Crippen molar-refractivity contribution < 1.29 is 0 Å². The molecule has 2 saturated heterocycles. The number of guanidine groups is 1. The van der Waals surface area contributed by atoms with Crippen LogP contribution in [0.15, 0.2) is 17.1 Å². The minimum Gasteiger partial charge on any atom is -0.370 e. The Labute approximate surface area is 139 Å². The van der Waals surface area contributed by atoms with Gasteiger partial charge in [-0.05, 0) is 38.7 Å². The highest BCUT2D eigenvalue weighted by Crippen LogP contribution is 2.23. The van der Waals surface area contributed by atoms with Crippen LogP contribution in [-0.2, 0) is 6.54 Å². The van der Waals surface area contributed by atoms with E-state index < -0.39 is 0 Å². The second kappa shape index (κ2) is 7.66. The molecule has 1 aromatic heterocycles. The van der Waals surface area contributed by atoms with Gasteiger partial charge in [-0.25, -0.2) is 9.98 Å². The average Bonchev–Trinajstić information content (AvgIpc) is 2.95. The first-order valence-corrected chi connectivity index (χ1v) is 9.00. The van der Waals surface area contributed by atoms with E-state index in [0.29, 0.717) is 12.5 Å². The summed E-state index contributed by atoms with van der Waals surface area (Å²) in [6.45, 7) is 6.98. The van der Waals surface area contributed by atoms with Crippen molar-refractivity contribution in [2.75, 3.05) is 31.1 Å². The number of rotatable bonds is 3. The van der Waals surface area contributed by atoms with Crippen molar-refractivity contribution in [3.05, 3.63) is 23.4 Å². The van der Waals surface area contributed by atoms with Gasteiger partial charge in [-0.15, -0.1) is 0 Å². The molecule has 2 fully saturated rings. The number of hydrogen-bond donors (Lipinski definition) is 1. The third-order valence-electron chi connectivity index (χ3n) is 4.84.